The average molecular weight is 390 g/mol. The smallest absolute Gasteiger partial charge is 0.225 e. The molecule has 150 valence electrons. The zero-order chi connectivity index (χ0) is 19.2. The molecule has 1 N–H and O–H groups in total. The second-order valence-corrected chi connectivity index (χ2v) is 8.78. The van der Waals surface area contributed by atoms with Crippen LogP contribution in [0.3, 0.4) is 0 Å². The molecule has 1 saturated heterocycles. The fourth-order valence-electron chi connectivity index (χ4n) is 5.72. The summed E-state index contributed by atoms with van der Waals surface area (Å²) in [5.41, 5.74) is 4.42. The van der Waals surface area contributed by atoms with Gasteiger partial charge in [-0.15, -0.1) is 0 Å². The van der Waals surface area contributed by atoms with Gasteiger partial charge in [0.05, 0.1) is 24.1 Å². The highest BCUT2D eigenvalue weighted by Gasteiger charge is 2.41. The van der Waals surface area contributed by atoms with E-state index in [9.17, 15) is 0 Å². The van der Waals surface area contributed by atoms with Crippen molar-refractivity contribution in [3.8, 4) is 17.1 Å². The van der Waals surface area contributed by atoms with Crippen LogP contribution < -0.4 is 4.74 Å². The minimum Gasteiger partial charge on any atom is -0.474 e. The van der Waals surface area contributed by atoms with Crippen molar-refractivity contribution < 1.29 is 9.47 Å². The Morgan fingerprint density at radius 3 is 2.79 bits per heavy atom. The standard InChI is InChI=1S/C23H26N4O2/c1-2-15-11-14(1)12-18(15)19-13-24-7-3-17(19)22-21-20(26-27-22)4-8-25-23(21)29-16-5-9-28-10-6-16/h3-4,7-8,13-16,18H,1-2,5-6,9-12H2,(H,26,27). The summed E-state index contributed by atoms with van der Waals surface area (Å²) < 4.78 is 11.8. The number of aromatic nitrogens is 4. The van der Waals surface area contributed by atoms with Gasteiger partial charge < -0.3 is 9.47 Å². The normalized spacial score (nSPS) is 27.0. The largest absolute Gasteiger partial charge is 0.474 e. The SMILES string of the molecule is c1cc(-c2n[nH]c3ccnc(OC4CCOCC4)c23)c(C2CC3CCC2C3)cn1. The number of ether oxygens (including phenoxy) is 2. The Hall–Kier alpha value is -2.47. The van der Waals surface area contributed by atoms with E-state index in [2.05, 4.69) is 27.3 Å². The molecule has 6 heteroatoms. The molecule has 29 heavy (non-hydrogen) atoms. The fraction of sp³-hybridized carbons (Fsp3) is 0.522. The van der Waals surface area contributed by atoms with Crippen LogP contribution in [0.1, 0.15) is 50.0 Å². The first-order valence-corrected chi connectivity index (χ1v) is 10.9. The fourth-order valence-corrected chi connectivity index (χ4v) is 5.72. The first kappa shape index (κ1) is 17.4. The lowest BCUT2D eigenvalue weighted by molar-refractivity contribution is 0.0244. The molecule has 0 radical (unpaired) electrons. The van der Waals surface area contributed by atoms with Crippen LogP contribution in [0.2, 0.25) is 0 Å². The molecule has 0 aromatic carbocycles. The number of pyridine rings is 2. The summed E-state index contributed by atoms with van der Waals surface area (Å²) in [6.45, 7) is 1.50. The lowest BCUT2D eigenvalue weighted by Crippen LogP contribution is -2.26. The van der Waals surface area contributed by atoms with Crippen LogP contribution in [-0.4, -0.2) is 39.5 Å². The molecule has 2 bridgehead atoms. The molecule has 3 atom stereocenters. The maximum Gasteiger partial charge on any atom is 0.225 e. The third kappa shape index (κ3) is 3.01. The number of nitrogens with zero attached hydrogens (tertiary/aromatic N) is 3. The van der Waals surface area contributed by atoms with Crippen LogP contribution in [0.5, 0.6) is 5.88 Å². The molecule has 6 nitrogen and oxygen atoms in total. The maximum atomic E-state index is 6.34. The molecule has 2 saturated carbocycles. The molecule has 6 rings (SSSR count). The summed E-state index contributed by atoms with van der Waals surface area (Å²) in [6, 6.07) is 4.09. The van der Waals surface area contributed by atoms with E-state index in [1.165, 1.54) is 36.8 Å². The van der Waals surface area contributed by atoms with Gasteiger partial charge in [-0.25, -0.2) is 4.98 Å². The average Bonchev–Trinajstić information content (AvgIpc) is 3.50. The molecular formula is C23H26N4O2. The number of nitrogens with one attached hydrogen (secondary N) is 1. The summed E-state index contributed by atoms with van der Waals surface area (Å²) in [6.07, 6.45) is 13.1. The third-order valence-corrected chi connectivity index (χ3v) is 7.13. The molecule has 3 aliphatic rings. The Labute approximate surface area is 170 Å². The summed E-state index contributed by atoms with van der Waals surface area (Å²) >= 11 is 0. The Morgan fingerprint density at radius 1 is 1.03 bits per heavy atom. The maximum absolute atomic E-state index is 6.34. The van der Waals surface area contributed by atoms with Gasteiger partial charge in [0.2, 0.25) is 5.88 Å². The first-order valence-electron chi connectivity index (χ1n) is 10.9. The molecule has 0 amide bonds. The predicted octanol–water partition coefficient (Wildman–Crippen LogP) is 4.48. The molecule has 3 aromatic heterocycles. The summed E-state index contributed by atoms with van der Waals surface area (Å²) in [4.78, 5) is 9.07. The zero-order valence-electron chi connectivity index (χ0n) is 16.5. The molecule has 2 aliphatic carbocycles. The number of H-pyrrole nitrogens is 1. The van der Waals surface area contributed by atoms with Crippen molar-refractivity contribution in [2.75, 3.05) is 13.2 Å². The van der Waals surface area contributed by atoms with Gasteiger partial charge in [-0.3, -0.25) is 10.1 Å². The van der Waals surface area contributed by atoms with Crippen molar-refractivity contribution in [2.45, 2.75) is 50.5 Å². The molecule has 3 aromatic rings. The van der Waals surface area contributed by atoms with Crippen LogP contribution >= 0.6 is 0 Å². The van der Waals surface area contributed by atoms with E-state index in [1.807, 2.05) is 12.3 Å². The summed E-state index contributed by atoms with van der Waals surface area (Å²) in [5.74, 6) is 2.96. The van der Waals surface area contributed by atoms with E-state index in [0.717, 1.165) is 54.5 Å². The number of aromatic amines is 1. The van der Waals surface area contributed by atoms with Gasteiger partial charge in [0, 0.05) is 37.0 Å². The molecule has 4 heterocycles. The predicted molar refractivity (Wildman–Crippen MR) is 110 cm³/mol. The van der Waals surface area contributed by atoms with Crippen LogP contribution in [0, 0.1) is 11.8 Å². The lowest BCUT2D eigenvalue weighted by atomic mass is 9.81. The van der Waals surface area contributed by atoms with Gasteiger partial charge >= 0.3 is 0 Å². The topological polar surface area (TPSA) is 72.9 Å². The minimum absolute atomic E-state index is 0.145. The van der Waals surface area contributed by atoms with Crippen LogP contribution in [-0.2, 0) is 4.74 Å². The molecule has 3 fully saturated rings. The Kier molecular flexibility index (Phi) is 4.26. The third-order valence-electron chi connectivity index (χ3n) is 7.13. The van der Waals surface area contributed by atoms with Gasteiger partial charge in [0.1, 0.15) is 11.8 Å². The van der Waals surface area contributed by atoms with E-state index in [0.29, 0.717) is 11.8 Å². The van der Waals surface area contributed by atoms with Crippen molar-refractivity contribution in [1.82, 2.24) is 20.2 Å². The van der Waals surface area contributed by atoms with E-state index in [-0.39, 0.29) is 6.10 Å². The first-order chi connectivity index (χ1) is 14.4. The van der Waals surface area contributed by atoms with E-state index in [1.54, 1.807) is 6.20 Å². The summed E-state index contributed by atoms with van der Waals surface area (Å²) in [7, 11) is 0. The van der Waals surface area contributed by atoms with Crippen LogP contribution in [0.15, 0.2) is 30.7 Å². The van der Waals surface area contributed by atoms with Crippen LogP contribution in [0.4, 0.5) is 0 Å². The van der Waals surface area contributed by atoms with Gasteiger partial charge in [-0.2, -0.15) is 5.10 Å². The highest BCUT2D eigenvalue weighted by Crippen LogP contribution is 2.54. The monoisotopic (exact) mass is 390 g/mol. The minimum atomic E-state index is 0.145. The van der Waals surface area contributed by atoms with Crippen molar-refractivity contribution in [3.63, 3.8) is 0 Å². The van der Waals surface area contributed by atoms with Crippen molar-refractivity contribution in [2.24, 2.45) is 11.8 Å². The number of hydrogen-bond donors (Lipinski definition) is 1. The second-order valence-electron chi connectivity index (χ2n) is 8.78. The number of rotatable bonds is 4. The number of fused-ring (bicyclic) bond motifs is 3. The van der Waals surface area contributed by atoms with Gasteiger partial charge in [-0.1, -0.05) is 6.42 Å². The van der Waals surface area contributed by atoms with Crippen LogP contribution in [0.25, 0.3) is 22.2 Å². The molecule has 0 spiro atoms. The molecule has 1 aliphatic heterocycles. The Bertz CT molecular complexity index is 1030. The van der Waals surface area contributed by atoms with E-state index >= 15 is 0 Å². The lowest BCUT2D eigenvalue weighted by Gasteiger charge is -2.24. The quantitative estimate of drug-likeness (QED) is 0.711. The zero-order valence-corrected chi connectivity index (χ0v) is 16.5. The Balaban J connectivity index is 1.42. The van der Waals surface area contributed by atoms with E-state index < -0.39 is 0 Å². The Morgan fingerprint density at radius 2 is 1.97 bits per heavy atom. The molecule has 3 unspecified atom stereocenters. The highest BCUT2D eigenvalue weighted by atomic mass is 16.5. The molecular weight excluding hydrogens is 364 g/mol. The van der Waals surface area contributed by atoms with Gasteiger partial charge in [0.25, 0.3) is 0 Å². The van der Waals surface area contributed by atoms with Crippen molar-refractivity contribution >= 4 is 10.9 Å². The number of hydrogen-bond acceptors (Lipinski definition) is 5. The second kappa shape index (κ2) is 7.10. The van der Waals surface area contributed by atoms with Crippen molar-refractivity contribution in [3.05, 3.63) is 36.3 Å². The van der Waals surface area contributed by atoms with Gasteiger partial charge in [-0.05, 0) is 54.7 Å². The van der Waals surface area contributed by atoms with Gasteiger partial charge in [0.15, 0.2) is 0 Å². The summed E-state index contributed by atoms with van der Waals surface area (Å²) in [5, 5.41) is 8.90. The highest BCUT2D eigenvalue weighted by molar-refractivity contribution is 5.97. The van der Waals surface area contributed by atoms with E-state index in [4.69, 9.17) is 14.6 Å². The van der Waals surface area contributed by atoms with Crippen molar-refractivity contribution in [1.29, 1.82) is 0 Å².